The fourth-order valence-electron chi connectivity index (χ4n) is 3.55. The summed E-state index contributed by atoms with van der Waals surface area (Å²) in [5, 5.41) is 2.26. The molecular weight excluding hydrogens is 418 g/mol. The minimum atomic E-state index is -3.21. The number of carbonyl (C=O) groups excluding carboxylic acids is 2. The van der Waals surface area contributed by atoms with Crippen molar-refractivity contribution >= 4 is 29.3 Å². The van der Waals surface area contributed by atoms with Gasteiger partial charge in [0.25, 0.3) is 6.43 Å². The first-order valence-electron chi connectivity index (χ1n) is 9.22. The van der Waals surface area contributed by atoms with Gasteiger partial charge in [0.05, 0.1) is 23.6 Å². The first-order valence-corrected chi connectivity index (χ1v) is 9.60. The molecule has 1 aromatic rings. The molecule has 1 aliphatic heterocycles. The van der Waals surface area contributed by atoms with E-state index in [-0.39, 0.29) is 10.8 Å². The number of hydrogen-bond donors (Lipinski definition) is 1. The van der Waals surface area contributed by atoms with Crippen LogP contribution in [0.1, 0.15) is 25.3 Å². The van der Waals surface area contributed by atoms with Gasteiger partial charge in [0.1, 0.15) is 0 Å². The van der Waals surface area contributed by atoms with Crippen molar-refractivity contribution in [1.29, 1.82) is 0 Å². The molecule has 2 atom stereocenters. The van der Waals surface area contributed by atoms with Gasteiger partial charge < -0.3 is 10.5 Å². The number of aromatic nitrogens is 1. The number of rotatable bonds is 5. The van der Waals surface area contributed by atoms with Crippen LogP contribution in [-0.4, -0.2) is 48.0 Å². The van der Waals surface area contributed by atoms with Crippen LogP contribution in [0, 0.1) is 23.7 Å². The summed E-state index contributed by atoms with van der Waals surface area (Å²) in [5.41, 5.74) is 3.04. The van der Waals surface area contributed by atoms with Crippen LogP contribution >= 0.6 is 11.6 Å². The van der Waals surface area contributed by atoms with Crippen LogP contribution in [0.3, 0.4) is 0 Å². The third-order valence-corrected chi connectivity index (χ3v) is 5.52. The molecule has 0 bridgehead atoms. The molecule has 1 aromatic heterocycles. The molecule has 2 N–H and O–H groups in total. The molecule has 1 fully saturated rings. The number of halogens is 3. The number of nitrogens with zero attached hydrogens (tertiary/aromatic N) is 3. The van der Waals surface area contributed by atoms with E-state index in [1.807, 2.05) is 0 Å². The second-order valence-corrected chi connectivity index (χ2v) is 7.64. The Bertz CT molecular complexity index is 971. The number of hydrogen-bond acceptors (Lipinski definition) is 6. The van der Waals surface area contributed by atoms with E-state index in [1.54, 1.807) is 0 Å². The van der Waals surface area contributed by atoms with E-state index < -0.39 is 35.3 Å². The van der Waals surface area contributed by atoms with Crippen molar-refractivity contribution in [3.8, 4) is 11.8 Å². The lowest BCUT2D eigenvalue weighted by atomic mass is 9.78. The SMILES string of the molecule is COC(=O)C(C)C1(C(F)F)C(C(N)=O)=CN(C)N1c1ncc(C#CC2CC2)cc1Cl. The van der Waals surface area contributed by atoms with Gasteiger partial charge in [0.15, 0.2) is 11.4 Å². The van der Waals surface area contributed by atoms with Gasteiger partial charge in [0.2, 0.25) is 5.91 Å². The zero-order valence-electron chi connectivity index (χ0n) is 16.7. The Morgan fingerprint density at radius 3 is 2.60 bits per heavy atom. The summed E-state index contributed by atoms with van der Waals surface area (Å²) in [6.07, 6.45) is 1.45. The minimum Gasteiger partial charge on any atom is -0.469 e. The Morgan fingerprint density at radius 2 is 2.10 bits per heavy atom. The van der Waals surface area contributed by atoms with E-state index in [2.05, 4.69) is 21.6 Å². The highest BCUT2D eigenvalue weighted by Gasteiger charge is 2.62. The number of ether oxygens (including phenoxy) is 1. The molecule has 3 rings (SSSR count). The van der Waals surface area contributed by atoms with Gasteiger partial charge in [-0.2, -0.15) is 0 Å². The standard InChI is InChI=1S/C20H21ClF2N4O3/c1-11(18(29)30-3)20(19(22)23)14(16(24)28)10-26(2)27(20)17-15(21)8-13(9-25-17)7-6-12-4-5-12/h8-12,19H,4-5H2,1-3H3,(H2,24,28). The predicted octanol–water partition coefficient (Wildman–Crippen LogP) is 2.35. The number of esters is 1. The number of pyridine rings is 1. The summed E-state index contributed by atoms with van der Waals surface area (Å²) in [4.78, 5) is 28.6. The molecule has 10 heteroatoms. The highest BCUT2D eigenvalue weighted by molar-refractivity contribution is 6.33. The Labute approximate surface area is 177 Å². The third kappa shape index (κ3) is 3.56. The van der Waals surface area contributed by atoms with E-state index in [9.17, 15) is 18.4 Å². The zero-order valence-corrected chi connectivity index (χ0v) is 17.4. The maximum atomic E-state index is 14.7. The number of methoxy groups -OCH3 is 1. The van der Waals surface area contributed by atoms with Crippen LogP contribution in [0.15, 0.2) is 24.0 Å². The lowest BCUT2D eigenvalue weighted by Crippen LogP contribution is -2.63. The summed E-state index contributed by atoms with van der Waals surface area (Å²) in [7, 11) is 2.50. The number of anilines is 1. The van der Waals surface area contributed by atoms with E-state index >= 15 is 0 Å². The smallest absolute Gasteiger partial charge is 0.311 e. The Morgan fingerprint density at radius 1 is 1.43 bits per heavy atom. The predicted molar refractivity (Wildman–Crippen MR) is 106 cm³/mol. The Hall–Kier alpha value is -2.86. The number of carbonyl (C=O) groups is 2. The van der Waals surface area contributed by atoms with Gasteiger partial charge in [-0.15, -0.1) is 0 Å². The first-order chi connectivity index (χ1) is 14.1. The molecule has 30 heavy (non-hydrogen) atoms. The van der Waals surface area contributed by atoms with Crippen molar-refractivity contribution in [3.63, 3.8) is 0 Å². The van der Waals surface area contributed by atoms with Crippen LogP contribution in [0.2, 0.25) is 5.02 Å². The summed E-state index contributed by atoms with van der Waals surface area (Å²) in [6, 6.07) is 1.51. The van der Waals surface area contributed by atoms with Crippen LogP contribution in [0.5, 0.6) is 0 Å². The Balaban J connectivity index is 2.14. The molecule has 1 amide bonds. The number of primary amides is 1. The lowest BCUT2D eigenvalue weighted by molar-refractivity contribution is -0.149. The van der Waals surface area contributed by atoms with Crippen LogP contribution in [-0.2, 0) is 14.3 Å². The van der Waals surface area contributed by atoms with Gasteiger partial charge in [-0.05, 0) is 25.8 Å². The molecule has 2 unspecified atom stereocenters. The van der Waals surface area contributed by atoms with E-state index in [1.165, 1.54) is 31.2 Å². The van der Waals surface area contributed by atoms with Crippen molar-refractivity contribution < 1.29 is 23.1 Å². The molecule has 0 spiro atoms. The third-order valence-electron chi connectivity index (χ3n) is 5.25. The molecule has 160 valence electrons. The second-order valence-electron chi connectivity index (χ2n) is 7.24. The van der Waals surface area contributed by atoms with Crippen molar-refractivity contribution in [1.82, 2.24) is 9.99 Å². The highest BCUT2D eigenvalue weighted by atomic mass is 35.5. The van der Waals surface area contributed by atoms with Crippen LogP contribution in [0.25, 0.3) is 0 Å². The van der Waals surface area contributed by atoms with Gasteiger partial charge >= 0.3 is 5.97 Å². The summed E-state index contributed by atoms with van der Waals surface area (Å²) < 4.78 is 34.0. The van der Waals surface area contributed by atoms with Gasteiger partial charge in [-0.1, -0.05) is 23.4 Å². The molecule has 1 aliphatic carbocycles. The second kappa shape index (κ2) is 8.11. The average molecular weight is 439 g/mol. The first kappa shape index (κ1) is 21.8. The molecular formula is C20H21ClF2N4O3. The molecule has 1 saturated carbocycles. The summed E-state index contributed by atoms with van der Waals surface area (Å²) >= 11 is 6.38. The van der Waals surface area contributed by atoms with Crippen LogP contribution < -0.4 is 10.7 Å². The van der Waals surface area contributed by atoms with Crippen molar-refractivity contribution in [2.75, 3.05) is 19.2 Å². The number of nitrogens with two attached hydrogens (primary N) is 1. The summed E-state index contributed by atoms with van der Waals surface area (Å²) in [6.45, 7) is 1.24. The normalized spacial score (nSPS) is 21.8. The molecule has 7 nitrogen and oxygen atoms in total. The largest absolute Gasteiger partial charge is 0.469 e. The van der Waals surface area contributed by atoms with Crippen LogP contribution in [0.4, 0.5) is 14.6 Å². The molecule has 0 aromatic carbocycles. The zero-order chi connectivity index (χ0) is 22.2. The highest BCUT2D eigenvalue weighted by Crippen LogP contribution is 2.47. The minimum absolute atomic E-state index is 0.0330. The number of hydrazine groups is 1. The van der Waals surface area contributed by atoms with Gasteiger partial charge in [0, 0.05) is 30.9 Å². The van der Waals surface area contributed by atoms with Crippen molar-refractivity contribution in [2.45, 2.75) is 31.7 Å². The fraction of sp³-hybridized carbons (Fsp3) is 0.450. The van der Waals surface area contributed by atoms with Gasteiger partial charge in [-0.3, -0.25) is 14.6 Å². The quantitative estimate of drug-likeness (QED) is 0.560. The number of amides is 1. The Kier molecular flexibility index (Phi) is 5.90. The number of alkyl halides is 2. The maximum absolute atomic E-state index is 14.7. The lowest BCUT2D eigenvalue weighted by Gasteiger charge is -2.44. The van der Waals surface area contributed by atoms with E-state index in [0.717, 1.165) is 31.2 Å². The van der Waals surface area contributed by atoms with Crippen molar-refractivity contribution in [3.05, 3.63) is 34.6 Å². The van der Waals surface area contributed by atoms with E-state index in [0.29, 0.717) is 11.5 Å². The molecule has 2 aliphatic rings. The fourth-order valence-corrected chi connectivity index (χ4v) is 3.80. The molecule has 0 saturated heterocycles. The van der Waals surface area contributed by atoms with Crippen molar-refractivity contribution in [2.24, 2.45) is 17.6 Å². The molecule has 2 heterocycles. The maximum Gasteiger partial charge on any atom is 0.311 e. The topological polar surface area (TPSA) is 88.8 Å². The average Bonchev–Trinajstić information content (AvgIpc) is 3.47. The molecule has 0 radical (unpaired) electrons. The van der Waals surface area contributed by atoms with E-state index in [4.69, 9.17) is 17.3 Å². The summed E-state index contributed by atoms with van der Waals surface area (Å²) in [5.74, 6) is 2.82. The van der Waals surface area contributed by atoms with Gasteiger partial charge in [-0.25, -0.2) is 18.8 Å². The monoisotopic (exact) mass is 438 g/mol.